The quantitative estimate of drug-likeness (QED) is 0.0526. The lowest BCUT2D eigenvalue weighted by Crippen LogP contribution is -2.47. The highest BCUT2D eigenvalue weighted by atomic mass is 16.5. The molecule has 0 unspecified atom stereocenters. The van der Waals surface area contributed by atoms with E-state index in [9.17, 15) is 39.6 Å². The summed E-state index contributed by atoms with van der Waals surface area (Å²) in [6.07, 6.45) is 1.60. The van der Waals surface area contributed by atoms with Crippen LogP contribution in [0.4, 0.5) is 0 Å². The summed E-state index contributed by atoms with van der Waals surface area (Å²) in [6, 6.07) is 35.6. The average Bonchev–Trinajstić information content (AvgIpc) is 3.32. The number of hydrogen-bond acceptors (Lipinski definition) is 12. The molecule has 1 aliphatic carbocycles. The fraction of sp³-hybridized carbons (Fsp3) is 0.308. The Morgan fingerprint density at radius 1 is 0.818 bits per heavy atom. The van der Waals surface area contributed by atoms with Crippen LogP contribution in [-0.2, 0) is 33.0 Å². The van der Waals surface area contributed by atoms with Crippen LogP contribution in [-0.4, -0.2) is 86.9 Å². The molecule has 14 nitrogen and oxygen atoms in total. The number of phenols is 2. The summed E-state index contributed by atoms with van der Waals surface area (Å²) in [7, 11) is 0. The number of Topliss-reactive ketones (excluding diaryl/α,β-unsaturated/α-hetero) is 1. The number of carbonyl (C=O) groups excluding carboxylic acids is 3. The van der Waals surface area contributed by atoms with E-state index in [0.29, 0.717) is 40.7 Å². The second kappa shape index (κ2) is 20.6. The molecule has 2 atom stereocenters. The van der Waals surface area contributed by atoms with Crippen molar-refractivity contribution < 1.29 is 44.3 Å². The molecular formula is C52H54N4O10. The molecule has 5 aromatic carbocycles. The summed E-state index contributed by atoms with van der Waals surface area (Å²) >= 11 is 0. The molecule has 14 heteroatoms. The summed E-state index contributed by atoms with van der Waals surface area (Å²) in [4.78, 5) is 56.8. The van der Waals surface area contributed by atoms with Gasteiger partial charge in [-0.2, -0.15) is 0 Å². The number of pyridine rings is 1. The van der Waals surface area contributed by atoms with E-state index in [1.807, 2.05) is 18.2 Å². The minimum Gasteiger partial charge on any atom is -0.508 e. The lowest BCUT2D eigenvalue weighted by molar-refractivity contribution is -0.164. The number of aliphatic hydroxyl groups is 2. The van der Waals surface area contributed by atoms with E-state index in [0.717, 1.165) is 32.5 Å². The molecule has 2 heterocycles. The maximum atomic E-state index is 13.9. The van der Waals surface area contributed by atoms with Gasteiger partial charge in [0.05, 0.1) is 18.2 Å². The van der Waals surface area contributed by atoms with Crippen LogP contribution in [0.3, 0.4) is 0 Å². The van der Waals surface area contributed by atoms with E-state index < -0.39 is 23.6 Å². The van der Waals surface area contributed by atoms with Crippen molar-refractivity contribution in [3.05, 3.63) is 171 Å². The molecule has 342 valence electrons. The van der Waals surface area contributed by atoms with E-state index in [1.165, 1.54) is 29.8 Å². The maximum Gasteiger partial charge on any atom is 0.347 e. The lowest BCUT2D eigenvalue weighted by Gasteiger charge is -2.34. The highest BCUT2D eigenvalue weighted by molar-refractivity contribution is 5.95. The number of piperidine rings is 1. The third-order valence-electron chi connectivity index (χ3n) is 12.7. The Morgan fingerprint density at radius 2 is 1.55 bits per heavy atom. The largest absolute Gasteiger partial charge is 0.508 e. The topological polar surface area (TPSA) is 211 Å². The van der Waals surface area contributed by atoms with Crippen LogP contribution in [0.15, 0.2) is 132 Å². The van der Waals surface area contributed by atoms with Crippen molar-refractivity contribution in [2.75, 3.05) is 32.8 Å². The van der Waals surface area contributed by atoms with Gasteiger partial charge in [-0.25, -0.2) is 4.79 Å². The van der Waals surface area contributed by atoms with Crippen LogP contribution in [0.1, 0.15) is 70.0 Å². The zero-order valence-corrected chi connectivity index (χ0v) is 36.4. The molecule has 1 saturated carbocycles. The van der Waals surface area contributed by atoms with Gasteiger partial charge in [-0.15, -0.1) is 0 Å². The average molecular weight is 895 g/mol. The summed E-state index contributed by atoms with van der Waals surface area (Å²) in [5.74, 6) is -1.40. The second-order valence-electron chi connectivity index (χ2n) is 17.3. The number of H-pyrrole nitrogens is 1. The van der Waals surface area contributed by atoms with Crippen molar-refractivity contribution in [1.82, 2.24) is 20.5 Å². The van der Waals surface area contributed by atoms with Gasteiger partial charge in [0.1, 0.15) is 23.9 Å². The number of aromatic hydroxyl groups is 2. The molecule has 2 fully saturated rings. The maximum absolute atomic E-state index is 13.9. The smallest absolute Gasteiger partial charge is 0.347 e. The minimum atomic E-state index is -2.12. The molecule has 1 aliphatic heterocycles. The highest BCUT2D eigenvalue weighted by Crippen LogP contribution is 2.35. The number of nitrogens with one attached hydrogen (secondary N) is 3. The van der Waals surface area contributed by atoms with Gasteiger partial charge in [0.2, 0.25) is 11.2 Å². The highest BCUT2D eigenvalue weighted by Gasteiger charge is 2.43. The zero-order chi connectivity index (χ0) is 46.2. The van der Waals surface area contributed by atoms with Gasteiger partial charge in [-0.3, -0.25) is 19.3 Å². The number of aliphatic hydroxyl groups excluding tert-OH is 1. The molecule has 1 saturated heterocycles. The third-order valence-corrected chi connectivity index (χ3v) is 12.7. The molecule has 66 heavy (non-hydrogen) atoms. The number of benzene rings is 5. The fourth-order valence-electron chi connectivity index (χ4n) is 8.74. The molecular weight excluding hydrogens is 841 g/mol. The predicted octanol–water partition coefficient (Wildman–Crippen LogP) is 5.61. The van der Waals surface area contributed by atoms with E-state index in [2.05, 4.69) is 32.7 Å². The molecule has 2 aliphatic rings. The summed E-state index contributed by atoms with van der Waals surface area (Å²) in [5.41, 5.74) is 0.857. The predicted molar refractivity (Wildman–Crippen MR) is 247 cm³/mol. The standard InChI is InChI=1S/C52H54N4O10/c57-44-18-16-42(43-17-19-48(61)55-49(43)44)46(59)29-53-28-36-15-14-35(26-45(36)58)50(62)54-40-24-37(25-40)47(60)32-65-41-13-7-12-39(27-41)52(64,38-10-5-2-6-11-38)51(63)66-31-34-20-22-56(23-21-34)30-33-8-3-1-4-9-33/h1-19,26-27,34,37,40,46,53,57-59,64H,20-25,28-32H2,(H,54,62)(H,55,61)/t37-,40-,46-,52-/m0/s1. The van der Waals surface area contributed by atoms with Crippen LogP contribution in [0.25, 0.3) is 10.9 Å². The minimum absolute atomic E-state index is 0.101. The summed E-state index contributed by atoms with van der Waals surface area (Å²) < 4.78 is 11.8. The first kappa shape index (κ1) is 45.7. The molecule has 1 aromatic heterocycles. The Balaban J connectivity index is 0.791. The van der Waals surface area contributed by atoms with E-state index >= 15 is 0 Å². The van der Waals surface area contributed by atoms with Gasteiger partial charge < -0.3 is 45.5 Å². The van der Waals surface area contributed by atoms with Gasteiger partial charge in [-0.1, -0.05) is 84.9 Å². The van der Waals surface area contributed by atoms with Crippen molar-refractivity contribution in [3.8, 4) is 17.2 Å². The van der Waals surface area contributed by atoms with Gasteiger partial charge in [0, 0.05) is 59.7 Å². The number of fused-ring (bicyclic) bond motifs is 1. The number of ketones is 1. The lowest BCUT2D eigenvalue weighted by atomic mass is 9.77. The third kappa shape index (κ3) is 10.6. The number of ether oxygens (including phenoxy) is 2. The monoisotopic (exact) mass is 894 g/mol. The van der Waals surface area contributed by atoms with E-state index in [-0.39, 0.29) is 83.7 Å². The first-order valence-electron chi connectivity index (χ1n) is 22.3. The first-order chi connectivity index (χ1) is 31.9. The molecule has 6 aromatic rings. The Morgan fingerprint density at radius 3 is 2.29 bits per heavy atom. The van der Waals surface area contributed by atoms with Gasteiger partial charge >= 0.3 is 5.97 Å². The number of rotatable bonds is 18. The Bertz CT molecular complexity index is 2720. The van der Waals surface area contributed by atoms with E-state index in [1.54, 1.807) is 72.8 Å². The zero-order valence-electron chi connectivity index (χ0n) is 36.4. The molecule has 7 N–H and O–H groups in total. The Labute approximate surface area is 381 Å². The van der Waals surface area contributed by atoms with Crippen molar-refractivity contribution in [3.63, 3.8) is 0 Å². The van der Waals surface area contributed by atoms with Gasteiger partial charge in [-0.05, 0) is 97.8 Å². The number of carbonyl (C=O) groups is 3. The first-order valence-corrected chi connectivity index (χ1v) is 22.3. The van der Waals surface area contributed by atoms with Crippen LogP contribution in [0, 0.1) is 11.8 Å². The SMILES string of the molecule is O=C(N[C@H]1C[C@H](C(=O)COc2cccc([C@](O)(C(=O)OCC3CCN(Cc4ccccc4)CC3)c3ccccc3)c2)C1)c1ccc(CNC[C@H](O)c2ccc(O)c3[nH]c(=O)ccc23)c(O)c1. The molecule has 0 spiro atoms. The molecule has 1 amide bonds. The van der Waals surface area contributed by atoms with Crippen LogP contribution >= 0.6 is 0 Å². The summed E-state index contributed by atoms with van der Waals surface area (Å²) in [6.45, 7) is 2.89. The van der Waals surface area contributed by atoms with E-state index in [4.69, 9.17) is 9.47 Å². The van der Waals surface area contributed by atoms with Crippen LogP contribution in [0.5, 0.6) is 17.2 Å². The number of esters is 1. The number of likely N-dealkylation sites (tertiary alicyclic amines) is 1. The van der Waals surface area contributed by atoms with Crippen molar-refractivity contribution in [2.24, 2.45) is 11.8 Å². The number of aromatic nitrogens is 1. The van der Waals surface area contributed by atoms with Crippen molar-refractivity contribution in [1.29, 1.82) is 0 Å². The molecule has 0 bridgehead atoms. The number of phenolic OH excluding ortho intramolecular Hbond substituents is 2. The number of nitrogens with zero attached hydrogens (tertiary/aromatic N) is 1. The second-order valence-corrected chi connectivity index (χ2v) is 17.3. The summed E-state index contributed by atoms with van der Waals surface area (Å²) in [5, 5.41) is 50.4. The van der Waals surface area contributed by atoms with Gasteiger partial charge in [0.25, 0.3) is 5.91 Å². The normalized spacial score (nSPS) is 17.8. The number of amides is 1. The Kier molecular flexibility index (Phi) is 14.2. The molecule has 0 radical (unpaired) electrons. The number of hydrogen-bond donors (Lipinski definition) is 7. The van der Waals surface area contributed by atoms with Crippen molar-refractivity contribution in [2.45, 2.75) is 56.5 Å². The Hall–Kier alpha value is -6.84. The van der Waals surface area contributed by atoms with Crippen LogP contribution < -0.4 is 20.9 Å². The number of aromatic amines is 1. The van der Waals surface area contributed by atoms with Gasteiger partial charge in [0.15, 0.2) is 5.78 Å². The van der Waals surface area contributed by atoms with Crippen molar-refractivity contribution >= 4 is 28.6 Å². The molecule has 8 rings (SSSR count). The van der Waals surface area contributed by atoms with Crippen LogP contribution in [0.2, 0.25) is 0 Å². The fourth-order valence-corrected chi connectivity index (χ4v) is 8.74.